The van der Waals surface area contributed by atoms with E-state index >= 15 is 0 Å². The number of amides is 1. The first kappa shape index (κ1) is 17.6. The summed E-state index contributed by atoms with van der Waals surface area (Å²) >= 11 is 0. The van der Waals surface area contributed by atoms with E-state index < -0.39 is 0 Å². The van der Waals surface area contributed by atoms with Crippen LogP contribution in [0.1, 0.15) is 57.4 Å². The van der Waals surface area contributed by atoms with Gasteiger partial charge in [0.05, 0.1) is 5.92 Å². The van der Waals surface area contributed by atoms with E-state index in [1.54, 1.807) is 0 Å². The first-order valence-electron chi connectivity index (χ1n) is 10.1. The van der Waals surface area contributed by atoms with Crippen molar-refractivity contribution in [1.29, 1.82) is 0 Å². The summed E-state index contributed by atoms with van der Waals surface area (Å²) in [6.07, 6.45) is 6.09. The molecule has 4 fully saturated rings. The Balaban J connectivity index is 1.33. The Kier molecular flexibility index (Phi) is 4.76. The van der Waals surface area contributed by atoms with Crippen LogP contribution in [0.25, 0.3) is 0 Å². The van der Waals surface area contributed by atoms with Crippen LogP contribution in [0, 0.1) is 29.6 Å². The van der Waals surface area contributed by atoms with E-state index in [-0.39, 0.29) is 24.4 Å². The molecule has 4 heteroatoms. The van der Waals surface area contributed by atoms with Crippen LogP contribution in [-0.4, -0.2) is 18.5 Å². The van der Waals surface area contributed by atoms with Gasteiger partial charge in [-0.05, 0) is 73.3 Å². The van der Waals surface area contributed by atoms with E-state index in [0.29, 0.717) is 17.8 Å². The summed E-state index contributed by atoms with van der Waals surface area (Å²) in [6.45, 7) is 4.00. The van der Waals surface area contributed by atoms with Crippen molar-refractivity contribution in [2.75, 3.05) is 11.9 Å². The largest absolute Gasteiger partial charge is 0.455 e. The van der Waals surface area contributed by atoms with Crippen LogP contribution in [0.2, 0.25) is 0 Å². The molecule has 26 heavy (non-hydrogen) atoms. The molecule has 5 rings (SSSR count). The molecule has 4 aliphatic rings. The highest BCUT2D eigenvalue weighted by atomic mass is 16.5. The molecule has 1 amide bonds. The van der Waals surface area contributed by atoms with E-state index in [1.807, 2.05) is 24.3 Å². The number of ether oxygens (including phenoxy) is 1. The highest BCUT2D eigenvalue weighted by Crippen LogP contribution is 2.56. The lowest BCUT2D eigenvalue weighted by Gasteiger charge is -2.53. The zero-order chi connectivity index (χ0) is 18.3. The number of carbonyl (C=O) groups excluding carboxylic acids is 2. The van der Waals surface area contributed by atoms with Gasteiger partial charge in [0.2, 0.25) is 0 Å². The van der Waals surface area contributed by atoms with Crippen molar-refractivity contribution in [3.05, 3.63) is 29.8 Å². The van der Waals surface area contributed by atoms with Crippen molar-refractivity contribution < 1.29 is 14.3 Å². The summed E-state index contributed by atoms with van der Waals surface area (Å²) in [5.74, 6) is 2.59. The summed E-state index contributed by atoms with van der Waals surface area (Å²) in [5, 5.41) is 2.90. The Bertz CT molecular complexity index is 668. The van der Waals surface area contributed by atoms with Gasteiger partial charge in [-0.1, -0.05) is 32.0 Å². The normalized spacial score (nSPS) is 31.9. The quantitative estimate of drug-likeness (QED) is 0.798. The maximum atomic E-state index is 12.7. The molecular formula is C22H29NO3. The monoisotopic (exact) mass is 355 g/mol. The van der Waals surface area contributed by atoms with Crippen molar-refractivity contribution in [2.24, 2.45) is 29.6 Å². The van der Waals surface area contributed by atoms with Crippen molar-refractivity contribution in [1.82, 2.24) is 0 Å². The second kappa shape index (κ2) is 7.05. The van der Waals surface area contributed by atoms with Gasteiger partial charge in [0.1, 0.15) is 0 Å². The molecule has 1 aromatic carbocycles. The van der Waals surface area contributed by atoms with Crippen LogP contribution < -0.4 is 5.32 Å². The Hall–Kier alpha value is -1.84. The van der Waals surface area contributed by atoms with E-state index in [1.165, 1.54) is 32.1 Å². The third-order valence-corrected chi connectivity index (χ3v) is 6.70. The fourth-order valence-corrected chi connectivity index (χ4v) is 5.84. The third-order valence-electron chi connectivity index (χ3n) is 6.70. The minimum atomic E-state index is -0.254. The summed E-state index contributed by atoms with van der Waals surface area (Å²) in [7, 11) is 0. The summed E-state index contributed by atoms with van der Waals surface area (Å²) < 4.78 is 5.45. The zero-order valence-corrected chi connectivity index (χ0v) is 15.7. The fourth-order valence-electron chi connectivity index (χ4n) is 5.84. The summed E-state index contributed by atoms with van der Waals surface area (Å²) in [6, 6.07) is 7.78. The fraction of sp³-hybridized carbons (Fsp3) is 0.636. The van der Waals surface area contributed by atoms with Gasteiger partial charge in [0.25, 0.3) is 5.91 Å². The molecule has 0 saturated heterocycles. The number of nitrogens with one attached hydrogen (secondary N) is 1. The smallest absolute Gasteiger partial charge is 0.310 e. The summed E-state index contributed by atoms with van der Waals surface area (Å²) in [5.41, 5.74) is 1.89. The van der Waals surface area contributed by atoms with E-state index in [9.17, 15) is 9.59 Å². The molecule has 4 saturated carbocycles. The number of esters is 1. The first-order chi connectivity index (χ1) is 12.5. The molecular weight excluding hydrogens is 326 g/mol. The molecule has 4 nitrogen and oxygen atoms in total. The average Bonchev–Trinajstić information content (AvgIpc) is 2.59. The lowest BCUT2D eigenvalue weighted by Crippen LogP contribution is -2.48. The maximum absolute atomic E-state index is 12.7. The molecule has 0 heterocycles. The topological polar surface area (TPSA) is 55.4 Å². The lowest BCUT2D eigenvalue weighted by molar-refractivity contribution is -0.164. The van der Waals surface area contributed by atoms with Crippen LogP contribution in [0.3, 0.4) is 0 Å². The standard InChI is InChI=1S/C22H29NO3/c1-13(2)18-5-3-4-6-19(18)23-20(24)12-26-22(25)21-16-8-14-7-15(10-16)11-17(21)9-14/h3-6,13-17,21H,7-12H2,1-2H3,(H,23,24). The molecule has 0 atom stereocenters. The number of benzene rings is 1. The van der Waals surface area contributed by atoms with Gasteiger partial charge in [-0.3, -0.25) is 9.59 Å². The predicted octanol–water partition coefficient (Wildman–Crippen LogP) is 4.36. The maximum Gasteiger partial charge on any atom is 0.310 e. The second-order valence-corrected chi connectivity index (χ2v) is 8.85. The highest BCUT2D eigenvalue weighted by Gasteiger charge is 2.51. The Morgan fingerprint density at radius 2 is 1.65 bits per heavy atom. The minimum Gasteiger partial charge on any atom is -0.455 e. The van der Waals surface area contributed by atoms with Crippen molar-refractivity contribution >= 4 is 17.6 Å². The molecule has 0 aromatic heterocycles. The van der Waals surface area contributed by atoms with Crippen molar-refractivity contribution in [3.8, 4) is 0 Å². The van der Waals surface area contributed by atoms with Gasteiger partial charge in [-0.25, -0.2) is 0 Å². The van der Waals surface area contributed by atoms with Gasteiger partial charge >= 0.3 is 5.97 Å². The number of carbonyl (C=O) groups is 2. The zero-order valence-electron chi connectivity index (χ0n) is 15.7. The Morgan fingerprint density at radius 3 is 2.27 bits per heavy atom. The molecule has 140 valence electrons. The molecule has 4 bridgehead atoms. The molecule has 0 unspecified atom stereocenters. The van der Waals surface area contributed by atoms with Crippen molar-refractivity contribution in [3.63, 3.8) is 0 Å². The van der Waals surface area contributed by atoms with Crippen LogP contribution in [0.4, 0.5) is 5.69 Å². The van der Waals surface area contributed by atoms with Crippen LogP contribution in [0.5, 0.6) is 0 Å². The predicted molar refractivity (Wildman–Crippen MR) is 101 cm³/mol. The molecule has 1 aromatic rings. The minimum absolute atomic E-state index is 0.0264. The molecule has 0 spiro atoms. The third kappa shape index (κ3) is 3.38. The first-order valence-corrected chi connectivity index (χ1v) is 10.1. The van der Waals surface area contributed by atoms with Crippen molar-refractivity contribution in [2.45, 2.75) is 51.9 Å². The summed E-state index contributed by atoms with van der Waals surface area (Å²) in [4.78, 5) is 25.0. The Morgan fingerprint density at radius 1 is 1.04 bits per heavy atom. The van der Waals surface area contributed by atoms with Gasteiger partial charge in [-0.2, -0.15) is 0 Å². The van der Waals surface area contributed by atoms with E-state index in [4.69, 9.17) is 4.74 Å². The van der Waals surface area contributed by atoms with Gasteiger partial charge < -0.3 is 10.1 Å². The number of rotatable bonds is 5. The average molecular weight is 355 g/mol. The number of hydrogen-bond acceptors (Lipinski definition) is 3. The van der Waals surface area contributed by atoms with Crippen LogP contribution >= 0.6 is 0 Å². The number of para-hydroxylation sites is 1. The molecule has 4 aliphatic carbocycles. The molecule has 1 N–H and O–H groups in total. The van der Waals surface area contributed by atoms with E-state index in [2.05, 4.69) is 19.2 Å². The van der Waals surface area contributed by atoms with Gasteiger partial charge in [0, 0.05) is 5.69 Å². The Labute approximate surface area is 155 Å². The SMILES string of the molecule is CC(C)c1ccccc1NC(=O)COC(=O)C1C2CC3CC(C2)CC1C3. The molecule has 0 radical (unpaired) electrons. The lowest BCUT2D eigenvalue weighted by atomic mass is 9.52. The highest BCUT2D eigenvalue weighted by molar-refractivity contribution is 5.93. The van der Waals surface area contributed by atoms with Crippen LogP contribution in [0.15, 0.2) is 24.3 Å². The van der Waals surface area contributed by atoms with Gasteiger partial charge in [0.15, 0.2) is 6.61 Å². The van der Waals surface area contributed by atoms with Crippen LogP contribution in [-0.2, 0) is 14.3 Å². The number of anilines is 1. The van der Waals surface area contributed by atoms with E-state index in [0.717, 1.165) is 23.1 Å². The van der Waals surface area contributed by atoms with Gasteiger partial charge in [-0.15, -0.1) is 0 Å². The second-order valence-electron chi connectivity index (χ2n) is 8.85. The number of hydrogen-bond donors (Lipinski definition) is 1. The molecule has 0 aliphatic heterocycles.